The molecule has 1 rings (SSSR count). The van der Waals surface area contributed by atoms with Crippen LogP contribution < -0.4 is 9.47 Å². The van der Waals surface area contributed by atoms with Crippen LogP contribution in [0.3, 0.4) is 0 Å². The fourth-order valence-corrected chi connectivity index (χ4v) is 1.84. The minimum absolute atomic E-state index is 0.374. The Balaban J connectivity index is 3.21. The van der Waals surface area contributed by atoms with Crippen LogP contribution in [0.1, 0.15) is 19.4 Å². The van der Waals surface area contributed by atoms with E-state index < -0.39 is 20.0 Å². The van der Waals surface area contributed by atoms with Gasteiger partial charge >= 0.3 is 11.9 Å². The number of rotatable bonds is 2. The summed E-state index contributed by atoms with van der Waals surface area (Å²) in [4.78, 5) is 22.0. The molecule has 0 saturated heterocycles. The van der Waals surface area contributed by atoms with Gasteiger partial charge in [-0.25, -0.2) is 0 Å². The van der Waals surface area contributed by atoms with Crippen molar-refractivity contribution in [1.29, 1.82) is 0 Å². The summed E-state index contributed by atoms with van der Waals surface area (Å²) in [6.45, 7) is 8.99. The molecule has 106 valence electrons. The Morgan fingerprint density at radius 3 is 2.15 bits per heavy atom. The molecule has 20 heavy (non-hydrogen) atoms. The fraction of sp³-hybridized carbons (Fsp3) is 0.333. The Kier molecular flexibility index (Phi) is 5.11. The lowest BCUT2D eigenvalue weighted by Crippen LogP contribution is -2.16. The monoisotopic (exact) mass is 290 g/mol. The molecular formula is C15H18O4Si. The maximum atomic E-state index is 11.1. The van der Waals surface area contributed by atoms with Crippen LogP contribution in [0.2, 0.25) is 19.6 Å². The standard InChI is InChI=1S/C15H18O4Si/c1-11(16)18-14-6-7-15(19-12(2)17)13(10-14)8-9-20(3,4)5/h6-7,10H,1-5H3. The summed E-state index contributed by atoms with van der Waals surface area (Å²) in [5.41, 5.74) is 3.73. The molecule has 0 atom stereocenters. The van der Waals surface area contributed by atoms with Gasteiger partial charge < -0.3 is 9.47 Å². The first kappa shape index (κ1) is 16.0. The third-order valence-electron chi connectivity index (χ3n) is 2.04. The normalized spacial score (nSPS) is 10.2. The molecule has 0 spiro atoms. The van der Waals surface area contributed by atoms with Gasteiger partial charge in [0, 0.05) is 19.9 Å². The minimum atomic E-state index is -1.56. The summed E-state index contributed by atoms with van der Waals surface area (Å²) in [5, 5.41) is 0. The maximum Gasteiger partial charge on any atom is 0.308 e. The number of carbonyl (C=O) groups is 2. The molecule has 0 fully saturated rings. The average Bonchev–Trinajstić information content (AvgIpc) is 2.26. The van der Waals surface area contributed by atoms with Crippen LogP contribution in [0.25, 0.3) is 0 Å². The van der Waals surface area contributed by atoms with Crippen molar-refractivity contribution in [1.82, 2.24) is 0 Å². The van der Waals surface area contributed by atoms with Gasteiger partial charge in [0.2, 0.25) is 0 Å². The van der Waals surface area contributed by atoms with Gasteiger partial charge in [0.1, 0.15) is 19.6 Å². The lowest BCUT2D eigenvalue weighted by molar-refractivity contribution is -0.133. The second kappa shape index (κ2) is 6.39. The zero-order valence-electron chi connectivity index (χ0n) is 12.4. The lowest BCUT2D eigenvalue weighted by Gasteiger charge is -2.08. The number of hydrogen-bond donors (Lipinski definition) is 0. The van der Waals surface area contributed by atoms with Crippen LogP contribution in [0, 0.1) is 11.5 Å². The van der Waals surface area contributed by atoms with E-state index in [1.165, 1.54) is 13.8 Å². The van der Waals surface area contributed by atoms with Crippen LogP contribution in [0.15, 0.2) is 18.2 Å². The molecule has 0 N–H and O–H groups in total. The van der Waals surface area contributed by atoms with Gasteiger partial charge in [0.15, 0.2) is 0 Å². The van der Waals surface area contributed by atoms with Gasteiger partial charge in [-0.05, 0) is 12.1 Å². The molecule has 0 aliphatic carbocycles. The van der Waals surface area contributed by atoms with Crippen molar-refractivity contribution in [3.05, 3.63) is 23.8 Å². The fourth-order valence-electron chi connectivity index (χ4n) is 1.33. The highest BCUT2D eigenvalue weighted by Gasteiger charge is 2.11. The molecule has 0 saturated carbocycles. The number of benzene rings is 1. The summed E-state index contributed by atoms with van der Waals surface area (Å²) in [6, 6.07) is 4.75. The smallest absolute Gasteiger partial charge is 0.308 e. The molecule has 0 bridgehead atoms. The van der Waals surface area contributed by atoms with Crippen molar-refractivity contribution in [3.8, 4) is 23.0 Å². The largest absolute Gasteiger partial charge is 0.427 e. The van der Waals surface area contributed by atoms with Gasteiger partial charge in [-0.2, -0.15) is 0 Å². The highest BCUT2D eigenvalue weighted by Crippen LogP contribution is 2.24. The van der Waals surface area contributed by atoms with E-state index in [0.717, 1.165) is 0 Å². The molecule has 0 radical (unpaired) electrons. The zero-order valence-corrected chi connectivity index (χ0v) is 13.4. The SMILES string of the molecule is CC(=O)Oc1ccc(OC(C)=O)c(C#C[Si](C)(C)C)c1. The molecule has 5 heteroatoms. The molecule has 1 aromatic carbocycles. The second-order valence-corrected chi connectivity index (χ2v) is 10.1. The topological polar surface area (TPSA) is 52.6 Å². The second-order valence-electron chi connectivity index (χ2n) is 5.35. The van der Waals surface area contributed by atoms with Gasteiger partial charge in [0.05, 0.1) is 5.56 Å². The first-order chi connectivity index (χ1) is 9.17. The summed E-state index contributed by atoms with van der Waals surface area (Å²) < 4.78 is 10.1. The highest BCUT2D eigenvalue weighted by atomic mass is 28.3. The Hall–Kier alpha value is -2.06. The van der Waals surface area contributed by atoms with E-state index in [-0.39, 0.29) is 0 Å². The van der Waals surface area contributed by atoms with E-state index >= 15 is 0 Å². The third kappa shape index (κ3) is 5.72. The van der Waals surface area contributed by atoms with Crippen molar-refractivity contribution in [2.75, 3.05) is 0 Å². The number of ether oxygens (including phenoxy) is 2. The van der Waals surface area contributed by atoms with E-state index in [9.17, 15) is 9.59 Å². The molecule has 0 aromatic heterocycles. The molecule has 0 unspecified atom stereocenters. The Bertz CT molecular complexity index is 588. The van der Waals surface area contributed by atoms with Crippen LogP contribution in [0.4, 0.5) is 0 Å². The molecule has 1 aromatic rings. The molecule has 0 amide bonds. The van der Waals surface area contributed by atoms with Gasteiger partial charge in [-0.1, -0.05) is 25.6 Å². The third-order valence-corrected chi connectivity index (χ3v) is 2.91. The first-order valence-corrected chi connectivity index (χ1v) is 9.71. The van der Waals surface area contributed by atoms with Crippen molar-refractivity contribution in [3.63, 3.8) is 0 Å². The predicted octanol–water partition coefficient (Wildman–Crippen LogP) is 2.77. The predicted molar refractivity (Wildman–Crippen MR) is 79.3 cm³/mol. The minimum Gasteiger partial charge on any atom is -0.427 e. The van der Waals surface area contributed by atoms with Crippen molar-refractivity contribution < 1.29 is 19.1 Å². The van der Waals surface area contributed by atoms with Crippen LogP contribution >= 0.6 is 0 Å². The van der Waals surface area contributed by atoms with E-state index in [1.807, 2.05) is 0 Å². The summed E-state index contributed by atoms with van der Waals surface area (Å²) in [5.74, 6) is 2.95. The van der Waals surface area contributed by atoms with Crippen LogP contribution in [-0.4, -0.2) is 20.0 Å². The number of esters is 2. The van der Waals surface area contributed by atoms with Crippen molar-refractivity contribution in [2.24, 2.45) is 0 Å². The highest BCUT2D eigenvalue weighted by molar-refractivity contribution is 6.83. The van der Waals surface area contributed by atoms with Crippen molar-refractivity contribution >= 4 is 20.0 Å². The average molecular weight is 290 g/mol. The zero-order chi connectivity index (χ0) is 15.3. The summed E-state index contributed by atoms with van der Waals surface area (Å²) in [6.07, 6.45) is 0. The Morgan fingerprint density at radius 1 is 1.05 bits per heavy atom. The number of carbonyl (C=O) groups excluding carboxylic acids is 2. The maximum absolute atomic E-state index is 11.1. The van der Waals surface area contributed by atoms with Gasteiger partial charge in [-0.15, -0.1) is 5.54 Å². The van der Waals surface area contributed by atoms with Crippen LogP contribution in [0.5, 0.6) is 11.5 Å². The Labute approximate surface area is 120 Å². The summed E-state index contributed by atoms with van der Waals surface area (Å²) >= 11 is 0. The molecule has 0 aliphatic heterocycles. The van der Waals surface area contributed by atoms with E-state index in [4.69, 9.17) is 9.47 Å². The summed E-state index contributed by atoms with van der Waals surface area (Å²) in [7, 11) is -1.56. The molecule has 0 heterocycles. The lowest BCUT2D eigenvalue weighted by atomic mass is 10.2. The molecular weight excluding hydrogens is 272 g/mol. The molecule has 4 nitrogen and oxygen atoms in total. The van der Waals surface area contributed by atoms with E-state index in [0.29, 0.717) is 17.1 Å². The van der Waals surface area contributed by atoms with E-state index in [2.05, 4.69) is 31.1 Å². The molecule has 0 aliphatic rings. The van der Waals surface area contributed by atoms with Gasteiger partial charge in [0.25, 0.3) is 0 Å². The van der Waals surface area contributed by atoms with Gasteiger partial charge in [-0.3, -0.25) is 9.59 Å². The van der Waals surface area contributed by atoms with Crippen molar-refractivity contribution in [2.45, 2.75) is 33.5 Å². The number of hydrogen-bond acceptors (Lipinski definition) is 4. The van der Waals surface area contributed by atoms with E-state index in [1.54, 1.807) is 18.2 Å². The van der Waals surface area contributed by atoms with Crippen LogP contribution in [-0.2, 0) is 9.59 Å². The first-order valence-electron chi connectivity index (χ1n) is 6.21. The Morgan fingerprint density at radius 2 is 1.65 bits per heavy atom. The quantitative estimate of drug-likeness (QED) is 0.364.